The average Bonchev–Trinajstić information content (AvgIpc) is 2.91. The molecule has 0 aliphatic carbocycles. The maximum absolute atomic E-state index is 11.7. The van der Waals surface area contributed by atoms with E-state index in [0.29, 0.717) is 5.69 Å². The Hall–Kier alpha value is -2.56. The molecule has 3 rings (SSSR count). The first kappa shape index (κ1) is 11.5. The van der Waals surface area contributed by atoms with Crippen molar-refractivity contribution >= 4 is 23.6 Å². The van der Waals surface area contributed by atoms with Crippen LogP contribution in [-0.2, 0) is 14.1 Å². The highest BCUT2D eigenvalue weighted by Gasteiger charge is 2.16. The van der Waals surface area contributed by atoms with Crippen molar-refractivity contribution in [3.63, 3.8) is 0 Å². The summed E-state index contributed by atoms with van der Waals surface area (Å²) in [4.78, 5) is 16.0. The van der Waals surface area contributed by atoms with E-state index in [1.54, 1.807) is 19.3 Å². The van der Waals surface area contributed by atoms with Gasteiger partial charge in [0.05, 0.1) is 5.69 Å². The van der Waals surface area contributed by atoms with E-state index in [4.69, 9.17) is 0 Å². The zero-order valence-electron chi connectivity index (χ0n) is 10.7. The minimum atomic E-state index is -0.257. The Kier molecular flexibility index (Phi) is 2.41. The van der Waals surface area contributed by atoms with Crippen LogP contribution in [0.2, 0.25) is 0 Å². The number of hydrogen-bond donors (Lipinski definition) is 1. The number of para-hydroxylation sites is 1. The molecule has 1 aromatic heterocycles. The Bertz CT molecular complexity index is 778. The molecule has 2 aromatic rings. The summed E-state index contributed by atoms with van der Waals surface area (Å²) < 4.78 is 2.63. The van der Waals surface area contributed by atoms with Gasteiger partial charge in [0.15, 0.2) is 0 Å². The monoisotopic (exact) mass is 255 g/mol. The van der Waals surface area contributed by atoms with Crippen molar-refractivity contribution in [1.29, 1.82) is 0 Å². The lowest BCUT2D eigenvalue weighted by Crippen LogP contribution is -2.19. The zero-order chi connectivity index (χ0) is 13.6. The molecule has 5 heteroatoms. The molecule has 0 fully saturated rings. The zero-order valence-corrected chi connectivity index (χ0v) is 10.7. The number of aromatic nitrogens is 2. The number of hydrogen-bond acceptors (Lipinski definition) is 3. The number of fused-ring (bicyclic) bond motifs is 1. The van der Waals surface area contributed by atoms with E-state index in [1.807, 2.05) is 24.3 Å². The van der Waals surface area contributed by atoms with Crippen molar-refractivity contribution in [2.75, 3.05) is 0 Å². The molecule has 0 atom stereocenters. The lowest BCUT2D eigenvalue weighted by Gasteiger charge is -2.00. The average molecular weight is 255 g/mol. The van der Waals surface area contributed by atoms with Crippen molar-refractivity contribution in [2.24, 2.45) is 19.1 Å². The largest absolute Gasteiger partial charge is 0.493 e. The second-order valence-electron chi connectivity index (χ2n) is 4.48. The molecule has 0 amide bonds. The van der Waals surface area contributed by atoms with Gasteiger partial charge in [-0.1, -0.05) is 18.2 Å². The van der Waals surface area contributed by atoms with Crippen LogP contribution in [0.4, 0.5) is 5.69 Å². The number of nitrogens with zero attached hydrogens (tertiary/aromatic N) is 3. The molecular formula is C14H13N3O2. The summed E-state index contributed by atoms with van der Waals surface area (Å²) in [6.45, 7) is 0. The molecule has 96 valence electrons. The van der Waals surface area contributed by atoms with Crippen molar-refractivity contribution in [3.05, 3.63) is 46.0 Å². The van der Waals surface area contributed by atoms with E-state index in [-0.39, 0.29) is 11.6 Å². The number of allylic oxidation sites excluding steroid dienone is 1. The van der Waals surface area contributed by atoms with E-state index in [1.165, 1.54) is 16.2 Å². The Morgan fingerprint density at radius 1 is 1.21 bits per heavy atom. The molecule has 0 spiro atoms. The first-order valence-electron chi connectivity index (χ1n) is 5.89. The predicted octanol–water partition coefficient (Wildman–Crippen LogP) is 1.69. The Morgan fingerprint density at radius 2 is 1.95 bits per heavy atom. The van der Waals surface area contributed by atoms with E-state index in [0.717, 1.165) is 16.8 Å². The molecule has 0 radical (unpaired) electrons. The quantitative estimate of drug-likeness (QED) is 0.843. The van der Waals surface area contributed by atoms with Crippen molar-refractivity contribution in [3.8, 4) is 5.88 Å². The van der Waals surface area contributed by atoms with E-state index >= 15 is 0 Å². The molecule has 1 aliphatic rings. The number of aliphatic imine (C=N–C) groups is 1. The van der Waals surface area contributed by atoms with Crippen LogP contribution >= 0.6 is 0 Å². The number of imidazole rings is 1. The number of aromatic hydroxyl groups is 1. The third-order valence-electron chi connectivity index (χ3n) is 3.33. The number of benzene rings is 1. The Balaban J connectivity index is 2.18. The Morgan fingerprint density at radius 3 is 2.63 bits per heavy atom. The summed E-state index contributed by atoms with van der Waals surface area (Å²) in [6.07, 6.45) is 3.51. The molecule has 0 bridgehead atoms. The van der Waals surface area contributed by atoms with Crippen molar-refractivity contribution in [1.82, 2.24) is 9.13 Å². The van der Waals surface area contributed by atoms with Gasteiger partial charge in [-0.05, 0) is 12.1 Å². The Labute approximate surface area is 109 Å². The first-order valence-corrected chi connectivity index (χ1v) is 5.89. The van der Waals surface area contributed by atoms with Gasteiger partial charge in [0, 0.05) is 31.4 Å². The molecule has 1 aliphatic heterocycles. The van der Waals surface area contributed by atoms with Crippen molar-refractivity contribution < 1.29 is 5.11 Å². The summed E-state index contributed by atoms with van der Waals surface area (Å²) in [5, 5.41) is 9.96. The van der Waals surface area contributed by atoms with Crippen LogP contribution in [0, 0.1) is 0 Å². The fourth-order valence-corrected chi connectivity index (χ4v) is 2.20. The topological polar surface area (TPSA) is 59.5 Å². The van der Waals surface area contributed by atoms with Crippen LogP contribution in [-0.4, -0.2) is 20.5 Å². The summed E-state index contributed by atoms with van der Waals surface area (Å²) in [6, 6.07) is 7.75. The van der Waals surface area contributed by atoms with E-state index in [9.17, 15) is 9.90 Å². The highest BCUT2D eigenvalue weighted by atomic mass is 16.3. The molecule has 0 saturated heterocycles. The van der Waals surface area contributed by atoms with Gasteiger partial charge in [0.25, 0.3) is 0 Å². The van der Waals surface area contributed by atoms with Gasteiger partial charge in [0.2, 0.25) is 5.88 Å². The molecule has 1 N–H and O–H groups in total. The van der Waals surface area contributed by atoms with Gasteiger partial charge in [-0.15, -0.1) is 0 Å². The second kappa shape index (κ2) is 3.98. The highest BCUT2D eigenvalue weighted by molar-refractivity contribution is 6.21. The van der Waals surface area contributed by atoms with Gasteiger partial charge in [0.1, 0.15) is 5.69 Å². The van der Waals surface area contributed by atoms with Crippen LogP contribution in [0.25, 0.3) is 11.6 Å². The van der Waals surface area contributed by atoms with Gasteiger partial charge in [-0.3, -0.25) is 14.1 Å². The lowest BCUT2D eigenvalue weighted by molar-refractivity contribution is 0.428. The summed E-state index contributed by atoms with van der Waals surface area (Å²) in [5.41, 5.74) is 3.00. The molecule has 5 nitrogen and oxygen atoms in total. The highest BCUT2D eigenvalue weighted by Crippen LogP contribution is 2.32. The standard InChI is InChI=1S/C14H13N3O2/c1-16-12(13(18)17(2)14(16)19)7-9-8-15-11-6-4-3-5-10(9)11/h3-8,18H,1-2H3/b9-7-. The lowest BCUT2D eigenvalue weighted by atomic mass is 10.1. The summed E-state index contributed by atoms with van der Waals surface area (Å²) in [5.74, 6) is -0.0437. The fraction of sp³-hybridized carbons (Fsp3) is 0.143. The van der Waals surface area contributed by atoms with E-state index < -0.39 is 0 Å². The van der Waals surface area contributed by atoms with Crippen LogP contribution in [0.1, 0.15) is 11.3 Å². The van der Waals surface area contributed by atoms with Gasteiger partial charge in [-0.25, -0.2) is 4.79 Å². The van der Waals surface area contributed by atoms with Gasteiger partial charge >= 0.3 is 5.69 Å². The minimum absolute atomic E-state index is 0.0437. The van der Waals surface area contributed by atoms with Crippen LogP contribution in [0.5, 0.6) is 5.88 Å². The summed E-state index contributed by atoms with van der Waals surface area (Å²) >= 11 is 0. The van der Waals surface area contributed by atoms with Crippen LogP contribution in [0.3, 0.4) is 0 Å². The smallest absolute Gasteiger partial charge is 0.330 e. The SMILES string of the molecule is Cn1c(O)c(/C=C2/C=Nc3ccccc32)n(C)c1=O. The second-order valence-corrected chi connectivity index (χ2v) is 4.48. The molecule has 0 unspecified atom stereocenters. The predicted molar refractivity (Wildman–Crippen MR) is 74.8 cm³/mol. The normalized spacial score (nSPS) is 15.2. The van der Waals surface area contributed by atoms with E-state index in [2.05, 4.69) is 4.99 Å². The first-order chi connectivity index (χ1) is 9.09. The minimum Gasteiger partial charge on any atom is -0.493 e. The molecule has 2 heterocycles. The maximum Gasteiger partial charge on any atom is 0.330 e. The fourth-order valence-electron chi connectivity index (χ4n) is 2.20. The maximum atomic E-state index is 11.7. The molecular weight excluding hydrogens is 242 g/mol. The van der Waals surface area contributed by atoms with Crippen LogP contribution in [0.15, 0.2) is 34.1 Å². The third-order valence-corrected chi connectivity index (χ3v) is 3.33. The van der Waals surface area contributed by atoms with Gasteiger partial charge in [-0.2, -0.15) is 0 Å². The van der Waals surface area contributed by atoms with Gasteiger partial charge < -0.3 is 5.11 Å². The molecule has 19 heavy (non-hydrogen) atoms. The number of rotatable bonds is 1. The summed E-state index contributed by atoms with van der Waals surface area (Å²) in [7, 11) is 3.17. The van der Waals surface area contributed by atoms with Crippen molar-refractivity contribution in [2.45, 2.75) is 0 Å². The molecule has 0 saturated carbocycles. The third kappa shape index (κ3) is 1.62. The van der Waals surface area contributed by atoms with Crippen LogP contribution < -0.4 is 5.69 Å². The molecule has 1 aromatic carbocycles.